The largest absolute Gasteiger partial charge is 0.381 e. The molecule has 28 heavy (non-hydrogen) atoms. The summed E-state index contributed by atoms with van der Waals surface area (Å²) in [6.07, 6.45) is 2.28. The monoisotopic (exact) mass is 408 g/mol. The molecule has 170 valence electrons. The minimum Gasteiger partial charge on any atom is -0.381 e. The van der Waals surface area contributed by atoms with Crippen molar-refractivity contribution >= 4 is 0 Å². The second kappa shape index (κ2) is 13.1. The highest BCUT2D eigenvalue weighted by Gasteiger charge is 2.43. The summed E-state index contributed by atoms with van der Waals surface area (Å²) in [5.74, 6) is -1.16. The zero-order chi connectivity index (χ0) is 22.0. The van der Waals surface area contributed by atoms with Gasteiger partial charge in [0.05, 0.1) is 6.10 Å². The van der Waals surface area contributed by atoms with Gasteiger partial charge < -0.3 is 14.2 Å². The van der Waals surface area contributed by atoms with Crippen LogP contribution >= 0.6 is 0 Å². The van der Waals surface area contributed by atoms with Crippen LogP contribution in [0.25, 0.3) is 0 Å². The maximum atomic E-state index is 13.9. The van der Waals surface area contributed by atoms with Gasteiger partial charge in [-0.2, -0.15) is 0 Å². The predicted octanol–water partition coefficient (Wildman–Crippen LogP) is 6.45. The Labute approximate surface area is 172 Å². The van der Waals surface area contributed by atoms with Crippen LogP contribution in [0.5, 0.6) is 0 Å². The van der Waals surface area contributed by atoms with Crippen molar-refractivity contribution in [2.24, 2.45) is 29.1 Å². The average Bonchev–Trinajstić information content (AvgIpc) is 2.51. The van der Waals surface area contributed by atoms with E-state index in [-0.39, 0.29) is 12.0 Å². The Kier molecular flexibility index (Phi) is 13.0. The van der Waals surface area contributed by atoms with E-state index in [0.29, 0.717) is 31.0 Å². The highest BCUT2D eigenvalue weighted by Crippen LogP contribution is 2.35. The van der Waals surface area contributed by atoms with Crippen molar-refractivity contribution < 1.29 is 23.0 Å². The molecule has 0 aromatic rings. The summed E-state index contributed by atoms with van der Waals surface area (Å²) in [7, 11) is 0. The van der Waals surface area contributed by atoms with E-state index in [2.05, 4.69) is 34.6 Å². The molecule has 0 spiro atoms. The van der Waals surface area contributed by atoms with Crippen LogP contribution in [-0.4, -0.2) is 45.1 Å². The second-order valence-corrected chi connectivity index (χ2v) is 10.3. The molecule has 0 aliphatic carbocycles. The summed E-state index contributed by atoms with van der Waals surface area (Å²) in [4.78, 5) is 0. The third-order valence-electron chi connectivity index (χ3n) is 4.91. The van der Waals surface area contributed by atoms with E-state index in [1.165, 1.54) is 20.8 Å². The van der Waals surface area contributed by atoms with Gasteiger partial charge in [-0.3, -0.25) is 0 Å². The third-order valence-corrected chi connectivity index (χ3v) is 4.91. The number of ether oxygens (including phenoxy) is 3. The van der Waals surface area contributed by atoms with Crippen LogP contribution in [0, 0.1) is 29.1 Å². The van der Waals surface area contributed by atoms with Crippen molar-refractivity contribution in [3.05, 3.63) is 0 Å². The molecule has 0 saturated carbocycles. The molecule has 0 amide bonds. The number of hydrogen-bond donors (Lipinski definition) is 0. The van der Waals surface area contributed by atoms with Crippen molar-refractivity contribution in [3.8, 4) is 0 Å². The van der Waals surface area contributed by atoms with Crippen LogP contribution in [-0.2, 0) is 14.2 Å². The van der Waals surface area contributed by atoms with Gasteiger partial charge in [-0.25, -0.2) is 8.78 Å². The smallest absolute Gasteiger partial charge is 0.275 e. The Balaban J connectivity index is 3.92. The maximum Gasteiger partial charge on any atom is 0.275 e. The van der Waals surface area contributed by atoms with Gasteiger partial charge in [0.15, 0.2) is 0 Å². The molecule has 0 radical (unpaired) electrons. The molecule has 4 unspecified atom stereocenters. The molecular formula is C23H46F2O3. The lowest BCUT2D eigenvalue weighted by Crippen LogP contribution is -2.38. The summed E-state index contributed by atoms with van der Waals surface area (Å²) >= 11 is 0. The van der Waals surface area contributed by atoms with Crippen molar-refractivity contribution in [1.29, 1.82) is 0 Å². The lowest BCUT2D eigenvalue weighted by molar-refractivity contribution is -0.149. The Morgan fingerprint density at radius 1 is 0.643 bits per heavy atom. The molecule has 0 aliphatic heterocycles. The van der Waals surface area contributed by atoms with Crippen LogP contribution < -0.4 is 0 Å². The van der Waals surface area contributed by atoms with Crippen LogP contribution in [0.4, 0.5) is 8.78 Å². The van der Waals surface area contributed by atoms with Crippen molar-refractivity contribution in [2.45, 2.75) is 87.2 Å². The van der Waals surface area contributed by atoms with E-state index >= 15 is 0 Å². The molecule has 0 N–H and O–H groups in total. The van der Waals surface area contributed by atoms with Crippen LogP contribution in [0.2, 0.25) is 0 Å². The molecular weight excluding hydrogens is 362 g/mol. The maximum absolute atomic E-state index is 13.9. The number of hydrogen-bond acceptors (Lipinski definition) is 3. The van der Waals surface area contributed by atoms with E-state index in [4.69, 9.17) is 14.2 Å². The second-order valence-electron chi connectivity index (χ2n) is 10.3. The van der Waals surface area contributed by atoms with Gasteiger partial charge in [-0.05, 0) is 50.4 Å². The summed E-state index contributed by atoms with van der Waals surface area (Å²) in [5.41, 5.74) is -1.08. The van der Waals surface area contributed by atoms with Gasteiger partial charge >= 0.3 is 0 Å². The van der Waals surface area contributed by atoms with E-state index in [1.54, 1.807) is 0 Å². The quantitative estimate of drug-likeness (QED) is 0.312. The van der Waals surface area contributed by atoms with E-state index in [1.807, 2.05) is 6.92 Å². The molecule has 3 nitrogen and oxygen atoms in total. The Morgan fingerprint density at radius 2 is 1.04 bits per heavy atom. The Bertz CT molecular complexity index is 394. The van der Waals surface area contributed by atoms with Crippen molar-refractivity contribution in [1.82, 2.24) is 0 Å². The molecule has 5 heteroatoms. The van der Waals surface area contributed by atoms with Gasteiger partial charge in [0, 0.05) is 31.8 Å². The van der Waals surface area contributed by atoms with Crippen molar-refractivity contribution in [3.63, 3.8) is 0 Å². The fourth-order valence-electron chi connectivity index (χ4n) is 3.08. The zero-order valence-corrected chi connectivity index (χ0v) is 19.8. The third kappa shape index (κ3) is 13.1. The summed E-state index contributed by atoms with van der Waals surface area (Å²) in [5, 5.41) is 0. The van der Waals surface area contributed by atoms with E-state index in [0.717, 1.165) is 26.1 Å². The van der Waals surface area contributed by atoms with Crippen LogP contribution in [0.3, 0.4) is 0 Å². The van der Waals surface area contributed by atoms with E-state index < -0.39 is 17.9 Å². The molecule has 0 aromatic carbocycles. The number of rotatable bonds is 15. The summed E-state index contributed by atoms with van der Waals surface area (Å²) < 4.78 is 44.7. The summed E-state index contributed by atoms with van der Waals surface area (Å²) in [6, 6.07) is 0. The first kappa shape index (κ1) is 27.7. The molecule has 0 heterocycles. The lowest BCUT2D eigenvalue weighted by atomic mass is 9.88. The zero-order valence-electron chi connectivity index (χ0n) is 19.8. The van der Waals surface area contributed by atoms with Gasteiger partial charge in [-0.1, -0.05) is 48.5 Å². The summed E-state index contributed by atoms with van der Waals surface area (Å²) in [6.45, 7) is 19.4. The van der Waals surface area contributed by atoms with Crippen LogP contribution in [0.1, 0.15) is 75.2 Å². The van der Waals surface area contributed by atoms with Crippen molar-refractivity contribution in [2.75, 3.05) is 33.0 Å². The molecule has 0 aliphatic rings. The minimum absolute atomic E-state index is 0.236. The first-order valence-electron chi connectivity index (χ1n) is 10.9. The normalized spacial score (nSPS) is 17.6. The molecule has 4 atom stereocenters. The number of halogens is 2. The van der Waals surface area contributed by atoms with Crippen LogP contribution in [0.15, 0.2) is 0 Å². The van der Waals surface area contributed by atoms with Gasteiger partial charge in [0.1, 0.15) is 6.61 Å². The molecule has 0 fully saturated rings. The van der Waals surface area contributed by atoms with Gasteiger partial charge in [-0.15, -0.1) is 0 Å². The molecule has 0 bridgehead atoms. The lowest BCUT2D eigenvalue weighted by Gasteiger charge is -2.30. The van der Waals surface area contributed by atoms with Gasteiger partial charge in [0.25, 0.3) is 5.92 Å². The Morgan fingerprint density at radius 3 is 1.43 bits per heavy atom. The minimum atomic E-state index is -2.81. The Hall–Kier alpha value is -0.260. The highest BCUT2D eigenvalue weighted by molar-refractivity contribution is 4.81. The fraction of sp³-hybridized carbons (Fsp3) is 1.00. The van der Waals surface area contributed by atoms with Gasteiger partial charge in [0.2, 0.25) is 0 Å². The average molecular weight is 409 g/mol. The molecule has 0 aromatic heterocycles. The molecule has 0 saturated heterocycles. The first-order chi connectivity index (χ1) is 12.7. The standard InChI is InChI=1S/C23H46F2O3/c1-17(2)28-15-21(6)11-19(4)13-26-12-18(3)10-20(5)14-27-16-23(24,25)22(7,8)9/h17-21H,10-16H2,1-9H3. The SMILES string of the molecule is CC(COCC(C)CC(C)COC(C)C)CC(C)COCC(F)(F)C(C)(C)C. The number of alkyl halides is 2. The predicted molar refractivity (Wildman–Crippen MR) is 113 cm³/mol. The van der Waals surface area contributed by atoms with E-state index in [9.17, 15) is 8.78 Å². The molecule has 0 rings (SSSR count). The first-order valence-corrected chi connectivity index (χ1v) is 10.9. The fourth-order valence-corrected chi connectivity index (χ4v) is 3.08. The topological polar surface area (TPSA) is 27.7 Å². The highest BCUT2D eigenvalue weighted by atomic mass is 19.3.